The summed E-state index contributed by atoms with van der Waals surface area (Å²) in [5.74, 6) is 0.743. The van der Waals surface area contributed by atoms with E-state index in [0.29, 0.717) is 0 Å². The van der Waals surface area contributed by atoms with Gasteiger partial charge in [0.15, 0.2) is 0 Å². The fourth-order valence-electron chi connectivity index (χ4n) is 2.33. The summed E-state index contributed by atoms with van der Waals surface area (Å²) in [7, 11) is 0. The molecule has 2 atom stereocenters. The molecule has 0 aromatic carbocycles. The van der Waals surface area contributed by atoms with Gasteiger partial charge < -0.3 is 15.3 Å². The van der Waals surface area contributed by atoms with E-state index < -0.39 is 0 Å². The maximum absolute atomic E-state index is 12.0. The summed E-state index contributed by atoms with van der Waals surface area (Å²) in [6.45, 7) is 5.10. The quantitative estimate of drug-likeness (QED) is 0.668. The number of hydrogen-bond acceptors (Lipinski definition) is 3. The Balaban J connectivity index is 1.88. The van der Waals surface area contributed by atoms with E-state index in [0.717, 1.165) is 39.0 Å². The van der Waals surface area contributed by atoms with Gasteiger partial charge in [-0.15, -0.1) is 0 Å². The molecule has 2 rings (SSSR count). The Hall–Kier alpha value is -0.610. The summed E-state index contributed by atoms with van der Waals surface area (Å²) in [5.41, 5.74) is 0. The molecule has 0 radical (unpaired) electrons. The second-order valence-corrected chi connectivity index (χ2v) is 4.78. The summed E-state index contributed by atoms with van der Waals surface area (Å²) in [5, 5.41) is 12.7. The lowest BCUT2D eigenvalue weighted by Crippen LogP contribution is -2.54. The fourth-order valence-corrected chi connectivity index (χ4v) is 2.33. The smallest absolute Gasteiger partial charge is 0.228 e. The van der Waals surface area contributed by atoms with Gasteiger partial charge in [0, 0.05) is 32.1 Å². The van der Waals surface area contributed by atoms with Crippen molar-refractivity contribution < 1.29 is 9.90 Å². The van der Waals surface area contributed by atoms with E-state index in [1.165, 1.54) is 0 Å². The Morgan fingerprint density at radius 2 is 2.27 bits per heavy atom. The molecule has 2 saturated heterocycles. The van der Waals surface area contributed by atoms with Crippen molar-refractivity contribution in [2.75, 3.05) is 26.2 Å². The highest BCUT2D eigenvalue weighted by atomic mass is 16.3. The zero-order chi connectivity index (χ0) is 10.8. The highest BCUT2D eigenvalue weighted by molar-refractivity contribution is 5.80. The van der Waals surface area contributed by atoms with Crippen LogP contribution in [0.5, 0.6) is 0 Å². The lowest BCUT2D eigenvalue weighted by atomic mass is 9.91. The monoisotopic (exact) mass is 212 g/mol. The van der Waals surface area contributed by atoms with Gasteiger partial charge in [-0.25, -0.2) is 0 Å². The van der Waals surface area contributed by atoms with Crippen molar-refractivity contribution in [1.82, 2.24) is 10.2 Å². The number of rotatable bonds is 2. The molecule has 86 valence electrons. The third-order valence-corrected chi connectivity index (χ3v) is 3.58. The lowest BCUT2D eigenvalue weighted by molar-refractivity contribution is -0.139. The number of carbonyl (C=O) groups is 1. The van der Waals surface area contributed by atoms with Gasteiger partial charge in [-0.1, -0.05) is 0 Å². The van der Waals surface area contributed by atoms with E-state index >= 15 is 0 Å². The minimum Gasteiger partial charge on any atom is -0.393 e. The van der Waals surface area contributed by atoms with Crippen molar-refractivity contribution in [3.05, 3.63) is 0 Å². The van der Waals surface area contributed by atoms with Crippen LogP contribution in [0.15, 0.2) is 0 Å². The summed E-state index contributed by atoms with van der Waals surface area (Å²) in [4.78, 5) is 13.9. The van der Waals surface area contributed by atoms with E-state index in [4.69, 9.17) is 0 Å². The van der Waals surface area contributed by atoms with E-state index in [2.05, 4.69) is 5.32 Å². The van der Waals surface area contributed by atoms with Crippen LogP contribution in [0.2, 0.25) is 0 Å². The molecule has 2 aliphatic rings. The number of hydrogen-bond donors (Lipinski definition) is 2. The van der Waals surface area contributed by atoms with Gasteiger partial charge in [0.1, 0.15) is 0 Å². The van der Waals surface area contributed by atoms with Gasteiger partial charge >= 0.3 is 0 Å². The van der Waals surface area contributed by atoms with Gasteiger partial charge in [-0.05, 0) is 19.8 Å². The second-order valence-electron chi connectivity index (χ2n) is 4.78. The first kappa shape index (κ1) is 10.9. The maximum atomic E-state index is 12.0. The molecule has 0 aliphatic carbocycles. The van der Waals surface area contributed by atoms with Crippen molar-refractivity contribution in [3.63, 3.8) is 0 Å². The first-order chi connectivity index (χ1) is 7.18. The third kappa shape index (κ3) is 2.32. The molecular weight excluding hydrogens is 192 g/mol. The maximum Gasteiger partial charge on any atom is 0.228 e. The summed E-state index contributed by atoms with van der Waals surface area (Å²) in [6.07, 6.45) is 1.78. The molecule has 0 aromatic heterocycles. The summed E-state index contributed by atoms with van der Waals surface area (Å²) in [6, 6.07) is 0. The molecule has 4 nitrogen and oxygen atoms in total. The molecule has 15 heavy (non-hydrogen) atoms. The molecule has 1 amide bonds. The van der Waals surface area contributed by atoms with Crippen molar-refractivity contribution >= 4 is 5.91 Å². The average Bonchev–Trinajstić information content (AvgIpc) is 2.15. The Labute approximate surface area is 90.6 Å². The number of carbonyl (C=O) groups excluding carboxylic acids is 1. The van der Waals surface area contributed by atoms with Gasteiger partial charge in [-0.3, -0.25) is 4.79 Å². The van der Waals surface area contributed by atoms with E-state index in [9.17, 15) is 9.90 Å². The number of nitrogens with one attached hydrogen (secondary N) is 1. The molecule has 0 unspecified atom stereocenters. The standard InChI is InChI=1S/C11H20N2O2/c1-8(14)9-3-2-4-13(7-9)11(15)10-5-12-6-10/h8-10,12,14H,2-7H2,1H3/t8-,9-/m0/s1. The van der Waals surface area contributed by atoms with Crippen LogP contribution in [-0.4, -0.2) is 48.2 Å². The second kappa shape index (κ2) is 4.49. The molecule has 2 N–H and O–H groups in total. The van der Waals surface area contributed by atoms with Crippen LogP contribution in [0.25, 0.3) is 0 Å². The highest BCUT2D eigenvalue weighted by Crippen LogP contribution is 2.21. The Morgan fingerprint density at radius 3 is 2.80 bits per heavy atom. The van der Waals surface area contributed by atoms with Crippen LogP contribution in [-0.2, 0) is 4.79 Å². The predicted molar refractivity (Wildman–Crippen MR) is 57.3 cm³/mol. The fraction of sp³-hybridized carbons (Fsp3) is 0.909. The Kier molecular flexibility index (Phi) is 3.26. The average molecular weight is 212 g/mol. The largest absolute Gasteiger partial charge is 0.393 e. The van der Waals surface area contributed by atoms with Gasteiger partial charge in [-0.2, -0.15) is 0 Å². The van der Waals surface area contributed by atoms with Crippen LogP contribution in [0.1, 0.15) is 19.8 Å². The molecule has 2 fully saturated rings. The van der Waals surface area contributed by atoms with Gasteiger partial charge in [0.2, 0.25) is 5.91 Å². The third-order valence-electron chi connectivity index (χ3n) is 3.58. The molecule has 0 bridgehead atoms. The molecular formula is C11H20N2O2. The van der Waals surface area contributed by atoms with E-state index in [1.54, 1.807) is 0 Å². The van der Waals surface area contributed by atoms with Crippen LogP contribution in [0.4, 0.5) is 0 Å². The number of aliphatic hydroxyl groups excluding tert-OH is 1. The van der Waals surface area contributed by atoms with E-state index in [-0.39, 0.29) is 23.8 Å². The van der Waals surface area contributed by atoms with Crippen molar-refractivity contribution in [2.45, 2.75) is 25.9 Å². The van der Waals surface area contributed by atoms with Crippen molar-refractivity contribution in [1.29, 1.82) is 0 Å². The van der Waals surface area contributed by atoms with E-state index in [1.807, 2.05) is 11.8 Å². The molecule has 4 heteroatoms. The number of aliphatic hydroxyl groups is 1. The zero-order valence-corrected chi connectivity index (χ0v) is 9.28. The SMILES string of the molecule is C[C@H](O)[C@H]1CCCN(C(=O)C2CNC2)C1. The van der Waals surface area contributed by atoms with Crippen LogP contribution < -0.4 is 5.32 Å². The molecule has 0 spiro atoms. The predicted octanol–water partition coefficient (Wildman–Crippen LogP) is -0.175. The van der Waals surface area contributed by atoms with Gasteiger partial charge in [0.05, 0.1) is 12.0 Å². The van der Waals surface area contributed by atoms with Gasteiger partial charge in [0.25, 0.3) is 0 Å². The number of likely N-dealkylation sites (tertiary alicyclic amines) is 1. The zero-order valence-electron chi connectivity index (χ0n) is 9.28. The van der Waals surface area contributed by atoms with Crippen LogP contribution >= 0.6 is 0 Å². The minimum absolute atomic E-state index is 0.192. The molecule has 0 aromatic rings. The first-order valence-corrected chi connectivity index (χ1v) is 5.86. The van der Waals surface area contributed by atoms with Crippen LogP contribution in [0.3, 0.4) is 0 Å². The Bertz CT molecular complexity index is 239. The molecule has 0 saturated carbocycles. The molecule has 2 heterocycles. The van der Waals surface area contributed by atoms with Crippen LogP contribution in [0, 0.1) is 11.8 Å². The topological polar surface area (TPSA) is 52.6 Å². The normalized spacial score (nSPS) is 29.7. The molecule has 2 aliphatic heterocycles. The summed E-state index contributed by atoms with van der Waals surface area (Å²) >= 11 is 0. The Morgan fingerprint density at radius 1 is 1.53 bits per heavy atom. The lowest BCUT2D eigenvalue weighted by Gasteiger charge is -2.38. The summed E-state index contributed by atoms with van der Waals surface area (Å²) < 4.78 is 0. The minimum atomic E-state index is -0.292. The van der Waals surface area contributed by atoms with Crippen molar-refractivity contribution in [3.8, 4) is 0 Å². The number of amides is 1. The highest BCUT2D eigenvalue weighted by Gasteiger charge is 2.32. The number of piperidine rings is 1. The number of nitrogens with zero attached hydrogens (tertiary/aromatic N) is 1. The van der Waals surface area contributed by atoms with Crippen molar-refractivity contribution in [2.24, 2.45) is 11.8 Å². The first-order valence-electron chi connectivity index (χ1n) is 5.86.